The number of benzene rings is 1. The number of halogens is 1. The van der Waals surface area contributed by atoms with Crippen molar-refractivity contribution in [3.63, 3.8) is 0 Å². The van der Waals surface area contributed by atoms with Crippen LogP contribution in [-0.4, -0.2) is 61.5 Å². The SMILES string of the molecule is CC(C)(C)CCN(Cc1cc(O)c2c(c1Cl)CC1C[C@H]3CC(O)=C(C(N)=O)C(=O)[C@@]3(O)C(O)=C1C2=O)CC1CC1. The molecule has 0 aromatic heterocycles. The van der Waals surface area contributed by atoms with Gasteiger partial charge < -0.3 is 26.2 Å². The van der Waals surface area contributed by atoms with Gasteiger partial charge in [0, 0.05) is 36.0 Å². The number of ketones is 2. The fourth-order valence-corrected chi connectivity index (χ4v) is 6.76. The second-order valence-corrected chi connectivity index (χ2v) is 13.5. The Morgan fingerprint density at radius 2 is 1.85 bits per heavy atom. The highest BCUT2D eigenvalue weighted by molar-refractivity contribution is 6.33. The van der Waals surface area contributed by atoms with Gasteiger partial charge in [0.25, 0.3) is 5.91 Å². The molecule has 4 aliphatic rings. The number of nitrogens with zero attached hydrogens (tertiary/aromatic N) is 1. The molecule has 0 saturated heterocycles. The number of primary amides is 1. The number of rotatable bonds is 7. The Morgan fingerprint density at radius 1 is 1.18 bits per heavy atom. The third-order valence-corrected chi connectivity index (χ3v) is 9.33. The number of nitrogens with two attached hydrogens (primary N) is 1. The van der Waals surface area contributed by atoms with Gasteiger partial charge in [-0.2, -0.15) is 0 Å². The number of phenols is 1. The number of aliphatic hydroxyl groups excluding tert-OH is 2. The number of hydrogen-bond donors (Lipinski definition) is 5. The van der Waals surface area contributed by atoms with Crippen LogP contribution in [0.3, 0.4) is 0 Å². The fourth-order valence-electron chi connectivity index (χ4n) is 6.47. The van der Waals surface area contributed by atoms with Crippen molar-refractivity contribution in [2.24, 2.45) is 28.9 Å². The summed E-state index contributed by atoms with van der Waals surface area (Å²) < 4.78 is 0. The first-order valence-electron chi connectivity index (χ1n) is 13.9. The molecular weight excluding hydrogens is 536 g/mol. The first-order chi connectivity index (χ1) is 18.6. The van der Waals surface area contributed by atoms with Crippen molar-refractivity contribution in [2.45, 2.75) is 71.4 Å². The zero-order chi connectivity index (χ0) is 29.3. The molecule has 4 aliphatic carbocycles. The number of fused-ring (bicyclic) bond motifs is 3. The summed E-state index contributed by atoms with van der Waals surface area (Å²) >= 11 is 6.91. The normalized spacial score (nSPS) is 26.6. The zero-order valence-electron chi connectivity index (χ0n) is 23.1. The number of aromatic hydroxyl groups is 1. The molecule has 6 N–H and O–H groups in total. The lowest BCUT2D eigenvalue weighted by Gasteiger charge is -2.45. The van der Waals surface area contributed by atoms with E-state index in [1.807, 2.05) is 0 Å². The van der Waals surface area contributed by atoms with E-state index in [4.69, 9.17) is 17.3 Å². The molecule has 1 unspecified atom stereocenters. The summed E-state index contributed by atoms with van der Waals surface area (Å²) in [5, 5.41) is 44.3. The summed E-state index contributed by atoms with van der Waals surface area (Å²) in [5.74, 6) is -5.82. The lowest BCUT2D eigenvalue weighted by molar-refractivity contribution is -0.144. The first-order valence-corrected chi connectivity index (χ1v) is 14.2. The van der Waals surface area contributed by atoms with Crippen LogP contribution in [0.15, 0.2) is 28.7 Å². The molecule has 1 amide bonds. The molecule has 40 heavy (non-hydrogen) atoms. The zero-order valence-corrected chi connectivity index (χ0v) is 23.8. The van der Waals surface area contributed by atoms with Crippen LogP contribution in [0.4, 0.5) is 0 Å². The summed E-state index contributed by atoms with van der Waals surface area (Å²) in [6.07, 6.45) is 3.39. The van der Waals surface area contributed by atoms with Crippen molar-refractivity contribution in [3.8, 4) is 5.75 Å². The van der Waals surface area contributed by atoms with Crippen LogP contribution in [-0.2, 0) is 22.6 Å². The molecule has 216 valence electrons. The molecule has 0 aliphatic heterocycles. The van der Waals surface area contributed by atoms with E-state index in [-0.39, 0.29) is 41.6 Å². The van der Waals surface area contributed by atoms with Crippen LogP contribution in [0, 0.1) is 23.2 Å². The van der Waals surface area contributed by atoms with Gasteiger partial charge in [-0.15, -0.1) is 0 Å². The largest absolute Gasteiger partial charge is 0.511 e. The number of amides is 1. The van der Waals surface area contributed by atoms with E-state index in [9.17, 15) is 34.8 Å². The first kappa shape index (κ1) is 28.6. The summed E-state index contributed by atoms with van der Waals surface area (Å²) in [4.78, 5) is 41.0. The van der Waals surface area contributed by atoms with E-state index in [0.29, 0.717) is 28.6 Å². The maximum atomic E-state index is 13.7. The molecule has 1 fully saturated rings. The number of hydrogen-bond acceptors (Lipinski definition) is 8. The molecule has 1 aromatic rings. The van der Waals surface area contributed by atoms with E-state index < -0.39 is 52.0 Å². The Bertz CT molecular complexity index is 1370. The molecule has 0 heterocycles. The van der Waals surface area contributed by atoms with Crippen molar-refractivity contribution < 1.29 is 34.8 Å². The average molecular weight is 573 g/mol. The van der Waals surface area contributed by atoms with Crippen LogP contribution >= 0.6 is 11.6 Å². The Kier molecular flexibility index (Phi) is 7.08. The van der Waals surface area contributed by atoms with Crippen molar-refractivity contribution >= 4 is 29.1 Å². The average Bonchev–Trinajstić information content (AvgIpc) is 3.66. The molecule has 9 nitrogen and oxygen atoms in total. The van der Waals surface area contributed by atoms with Crippen molar-refractivity contribution in [3.05, 3.63) is 50.4 Å². The Balaban J connectivity index is 1.51. The smallest absolute Gasteiger partial charge is 0.255 e. The van der Waals surface area contributed by atoms with E-state index in [1.54, 1.807) is 0 Å². The maximum absolute atomic E-state index is 13.7. The predicted octanol–water partition coefficient (Wildman–Crippen LogP) is 3.88. The molecule has 1 aromatic carbocycles. The predicted molar refractivity (Wildman–Crippen MR) is 148 cm³/mol. The number of allylic oxidation sites excluding steroid dienone is 2. The summed E-state index contributed by atoms with van der Waals surface area (Å²) in [6.45, 7) is 8.91. The Hall–Kier alpha value is -2.88. The second-order valence-electron chi connectivity index (χ2n) is 13.1. The third-order valence-electron chi connectivity index (χ3n) is 8.86. The highest BCUT2D eigenvalue weighted by atomic mass is 35.5. The molecule has 1 saturated carbocycles. The van der Waals surface area contributed by atoms with Gasteiger partial charge >= 0.3 is 0 Å². The minimum absolute atomic E-state index is 0.0613. The third kappa shape index (κ3) is 4.82. The van der Waals surface area contributed by atoms with E-state index in [0.717, 1.165) is 19.5 Å². The highest BCUT2D eigenvalue weighted by Crippen LogP contribution is 2.52. The van der Waals surface area contributed by atoms with Crippen LogP contribution in [0.5, 0.6) is 5.75 Å². The van der Waals surface area contributed by atoms with Crippen LogP contribution in [0.25, 0.3) is 0 Å². The van der Waals surface area contributed by atoms with Gasteiger partial charge in [-0.1, -0.05) is 32.4 Å². The van der Waals surface area contributed by atoms with Gasteiger partial charge in [0.2, 0.25) is 5.78 Å². The van der Waals surface area contributed by atoms with Crippen molar-refractivity contribution in [2.75, 3.05) is 13.1 Å². The maximum Gasteiger partial charge on any atom is 0.255 e. The van der Waals surface area contributed by atoms with E-state index in [1.165, 1.54) is 18.9 Å². The van der Waals surface area contributed by atoms with Gasteiger partial charge in [0.15, 0.2) is 11.4 Å². The summed E-state index contributed by atoms with van der Waals surface area (Å²) in [6, 6.07) is 1.49. The molecule has 3 atom stereocenters. The van der Waals surface area contributed by atoms with Gasteiger partial charge in [0.05, 0.1) is 5.56 Å². The molecule has 5 rings (SSSR count). The number of carbonyl (C=O) groups excluding carboxylic acids is 3. The minimum atomic E-state index is -2.58. The molecule has 0 spiro atoms. The van der Waals surface area contributed by atoms with E-state index >= 15 is 0 Å². The second kappa shape index (κ2) is 9.89. The topological polar surface area (TPSA) is 161 Å². The quantitative estimate of drug-likeness (QED) is 0.307. The van der Waals surface area contributed by atoms with Crippen molar-refractivity contribution in [1.29, 1.82) is 0 Å². The number of aliphatic hydroxyl groups is 3. The molecule has 0 radical (unpaired) electrons. The highest BCUT2D eigenvalue weighted by Gasteiger charge is 2.59. The van der Waals surface area contributed by atoms with Crippen molar-refractivity contribution in [1.82, 2.24) is 4.90 Å². The van der Waals surface area contributed by atoms with Gasteiger partial charge in [-0.25, -0.2) is 0 Å². The standard InChI is InChI=1S/C30H37ClN2O7/c1-29(2,3)6-7-33(12-14-4-5-14)13-16-10-19(34)22-18(24(16)31)9-15-8-17-11-20(35)23(28(32)39)27(38)30(17,40)26(37)21(15)25(22)36/h10,14-15,17,34-35,37,40H,4-9,11-13H2,1-3H3,(H2,32,39)/t15?,17-,30-/m0/s1. The molecule has 10 heteroatoms. The number of carbonyl (C=O) groups is 3. The number of phenolic OH excluding ortho intramolecular Hbond substituents is 1. The van der Waals surface area contributed by atoms with Gasteiger partial charge in [-0.05, 0) is 73.1 Å². The van der Waals surface area contributed by atoms with Crippen LogP contribution in [0.1, 0.15) is 74.4 Å². The molecular formula is C30H37ClN2O7. The Morgan fingerprint density at radius 3 is 2.45 bits per heavy atom. The Labute approximate surface area is 238 Å². The van der Waals surface area contributed by atoms with E-state index in [2.05, 4.69) is 25.7 Å². The van der Waals surface area contributed by atoms with Gasteiger partial charge in [-0.3, -0.25) is 19.3 Å². The fraction of sp³-hybridized carbons (Fsp3) is 0.567. The number of Topliss-reactive ketones (excluding diaryl/α,β-unsaturated/α-hetero) is 2. The monoisotopic (exact) mass is 572 g/mol. The summed E-state index contributed by atoms with van der Waals surface area (Å²) in [5.41, 5.74) is 2.97. The van der Waals surface area contributed by atoms with Gasteiger partial charge in [0.1, 0.15) is 22.8 Å². The van der Waals surface area contributed by atoms with Crippen LogP contribution in [0.2, 0.25) is 5.02 Å². The van der Waals surface area contributed by atoms with Crippen LogP contribution < -0.4 is 5.73 Å². The lowest BCUT2D eigenvalue weighted by atomic mass is 9.60. The molecule has 0 bridgehead atoms. The minimum Gasteiger partial charge on any atom is -0.511 e. The lowest BCUT2D eigenvalue weighted by Crippen LogP contribution is -2.57. The summed E-state index contributed by atoms with van der Waals surface area (Å²) in [7, 11) is 0.